The Labute approximate surface area is 142 Å². The average Bonchev–Trinajstić information content (AvgIpc) is 3.08. The Bertz CT molecular complexity index is 612. The summed E-state index contributed by atoms with van der Waals surface area (Å²) in [5, 5.41) is 4.17. The summed E-state index contributed by atoms with van der Waals surface area (Å²) >= 11 is 6.13. The average molecular weight is 332 g/mol. The summed E-state index contributed by atoms with van der Waals surface area (Å²) in [7, 11) is 0. The molecular weight excluding hydrogens is 310 g/mol. The molecule has 1 aliphatic heterocycles. The van der Waals surface area contributed by atoms with E-state index in [0.29, 0.717) is 12.7 Å². The van der Waals surface area contributed by atoms with Gasteiger partial charge in [0.1, 0.15) is 12.4 Å². The number of nitrogens with one attached hydrogen (secondary N) is 1. The van der Waals surface area contributed by atoms with Crippen molar-refractivity contribution in [2.45, 2.75) is 32.1 Å². The highest BCUT2D eigenvalue weighted by Crippen LogP contribution is 2.24. The van der Waals surface area contributed by atoms with E-state index in [4.69, 9.17) is 21.1 Å². The Kier molecular flexibility index (Phi) is 5.92. The third-order valence-electron chi connectivity index (χ3n) is 3.97. The summed E-state index contributed by atoms with van der Waals surface area (Å²) in [6.07, 6.45) is 2.64. The predicted molar refractivity (Wildman–Crippen MR) is 92.9 cm³/mol. The smallest absolute Gasteiger partial charge is 0.124 e. The van der Waals surface area contributed by atoms with Crippen molar-refractivity contribution in [1.29, 1.82) is 0 Å². The second-order valence-corrected chi connectivity index (χ2v) is 6.23. The van der Waals surface area contributed by atoms with E-state index in [2.05, 4.69) is 17.4 Å². The molecule has 0 amide bonds. The molecule has 0 unspecified atom stereocenters. The van der Waals surface area contributed by atoms with Crippen molar-refractivity contribution in [2.24, 2.45) is 0 Å². The first kappa shape index (κ1) is 16.3. The molecule has 2 aromatic rings. The molecule has 0 saturated carbocycles. The van der Waals surface area contributed by atoms with Crippen LogP contribution in [0.5, 0.6) is 5.75 Å². The van der Waals surface area contributed by atoms with Crippen LogP contribution in [0.2, 0.25) is 5.02 Å². The van der Waals surface area contributed by atoms with Crippen LogP contribution in [0.1, 0.15) is 24.0 Å². The fourth-order valence-electron chi connectivity index (χ4n) is 2.74. The maximum Gasteiger partial charge on any atom is 0.124 e. The molecule has 1 heterocycles. The van der Waals surface area contributed by atoms with E-state index in [0.717, 1.165) is 54.4 Å². The lowest BCUT2D eigenvalue weighted by molar-refractivity contribution is 0.110. The van der Waals surface area contributed by atoms with Gasteiger partial charge in [-0.2, -0.15) is 0 Å². The molecule has 3 rings (SSSR count). The fourth-order valence-corrected chi connectivity index (χ4v) is 2.93. The molecule has 1 fully saturated rings. The minimum absolute atomic E-state index is 0.336. The molecule has 122 valence electrons. The van der Waals surface area contributed by atoms with Crippen LogP contribution in [-0.2, 0) is 17.9 Å². The van der Waals surface area contributed by atoms with E-state index in [-0.39, 0.29) is 0 Å². The van der Waals surface area contributed by atoms with Crippen LogP contribution >= 0.6 is 11.6 Å². The van der Waals surface area contributed by atoms with Gasteiger partial charge in [-0.25, -0.2) is 0 Å². The second kappa shape index (κ2) is 8.34. The number of halogens is 1. The van der Waals surface area contributed by atoms with Crippen molar-refractivity contribution in [3.8, 4) is 5.75 Å². The van der Waals surface area contributed by atoms with Crippen molar-refractivity contribution in [2.75, 3.05) is 13.2 Å². The maximum atomic E-state index is 6.13. The van der Waals surface area contributed by atoms with Gasteiger partial charge in [-0.1, -0.05) is 41.9 Å². The third-order valence-corrected chi connectivity index (χ3v) is 4.21. The lowest BCUT2D eigenvalue weighted by atomic mass is 10.2. The largest absolute Gasteiger partial charge is 0.489 e. The summed E-state index contributed by atoms with van der Waals surface area (Å²) in [4.78, 5) is 0. The van der Waals surface area contributed by atoms with Gasteiger partial charge < -0.3 is 14.8 Å². The minimum atomic E-state index is 0.336. The van der Waals surface area contributed by atoms with Gasteiger partial charge in [-0.3, -0.25) is 0 Å². The number of ether oxygens (including phenoxy) is 2. The van der Waals surface area contributed by atoms with Gasteiger partial charge in [0.25, 0.3) is 0 Å². The summed E-state index contributed by atoms with van der Waals surface area (Å²) in [5.41, 5.74) is 2.23. The molecule has 2 aromatic carbocycles. The van der Waals surface area contributed by atoms with Gasteiger partial charge in [0.2, 0.25) is 0 Å². The van der Waals surface area contributed by atoms with Crippen molar-refractivity contribution in [1.82, 2.24) is 5.32 Å². The molecule has 4 heteroatoms. The first-order valence-electron chi connectivity index (χ1n) is 8.09. The standard InChI is InChI=1S/C19H22ClNO2/c20-17-8-9-19(23-14-15-5-2-1-3-6-15)16(11-17)12-21-13-18-7-4-10-22-18/h1-3,5-6,8-9,11,18,21H,4,7,10,12-14H2/t18-/m0/s1. The van der Waals surface area contributed by atoms with Gasteiger partial charge in [-0.05, 0) is 36.6 Å². The molecule has 1 N–H and O–H groups in total. The molecule has 0 aromatic heterocycles. The van der Waals surface area contributed by atoms with Crippen LogP contribution in [0.3, 0.4) is 0 Å². The number of benzene rings is 2. The topological polar surface area (TPSA) is 30.5 Å². The molecule has 1 atom stereocenters. The Morgan fingerprint density at radius 1 is 1.17 bits per heavy atom. The maximum absolute atomic E-state index is 6.13. The van der Waals surface area contributed by atoms with E-state index in [9.17, 15) is 0 Å². The Hall–Kier alpha value is -1.55. The molecule has 1 aliphatic rings. The summed E-state index contributed by atoms with van der Waals surface area (Å²) in [6.45, 7) is 3.03. The zero-order valence-corrected chi connectivity index (χ0v) is 13.9. The van der Waals surface area contributed by atoms with E-state index in [1.165, 1.54) is 0 Å². The van der Waals surface area contributed by atoms with Crippen molar-refractivity contribution >= 4 is 11.6 Å². The zero-order valence-electron chi connectivity index (χ0n) is 13.1. The molecule has 0 aliphatic carbocycles. The third kappa shape index (κ3) is 4.96. The number of hydrogen-bond acceptors (Lipinski definition) is 3. The lowest BCUT2D eigenvalue weighted by Crippen LogP contribution is -2.26. The number of rotatable bonds is 7. The van der Waals surface area contributed by atoms with E-state index in [1.54, 1.807) is 0 Å². The van der Waals surface area contributed by atoms with Gasteiger partial charge in [0.15, 0.2) is 0 Å². The van der Waals surface area contributed by atoms with Crippen LogP contribution in [0, 0.1) is 0 Å². The molecule has 1 saturated heterocycles. The first-order chi connectivity index (χ1) is 11.3. The first-order valence-corrected chi connectivity index (χ1v) is 8.46. The van der Waals surface area contributed by atoms with Gasteiger partial charge in [0, 0.05) is 30.3 Å². The molecule has 0 bridgehead atoms. The predicted octanol–water partition coefficient (Wildman–Crippen LogP) is 4.19. The summed E-state index contributed by atoms with van der Waals surface area (Å²) < 4.78 is 11.6. The second-order valence-electron chi connectivity index (χ2n) is 5.79. The highest BCUT2D eigenvalue weighted by molar-refractivity contribution is 6.30. The van der Waals surface area contributed by atoms with Crippen molar-refractivity contribution < 1.29 is 9.47 Å². The normalized spacial score (nSPS) is 17.3. The highest BCUT2D eigenvalue weighted by Gasteiger charge is 2.15. The molecule has 0 radical (unpaired) electrons. The molecule has 23 heavy (non-hydrogen) atoms. The molecule has 0 spiro atoms. The van der Waals surface area contributed by atoms with Crippen LogP contribution < -0.4 is 10.1 Å². The van der Waals surface area contributed by atoms with Gasteiger partial charge in [-0.15, -0.1) is 0 Å². The van der Waals surface area contributed by atoms with Crippen LogP contribution in [0.25, 0.3) is 0 Å². The lowest BCUT2D eigenvalue weighted by Gasteiger charge is -2.14. The molecular formula is C19H22ClNO2. The quantitative estimate of drug-likeness (QED) is 0.825. The molecule has 3 nitrogen and oxygen atoms in total. The van der Waals surface area contributed by atoms with E-state index in [1.807, 2.05) is 36.4 Å². The Morgan fingerprint density at radius 3 is 2.83 bits per heavy atom. The van der Waals surface area contributed by atoms with Gasteiger partial charge in [0.05, 0.1) is 6.10 Å². The van der Waals surface area contributed by atoms with Gasteiger partial charge >= 0.3 is 0 Å². The van der Waals surface area contributed by atoms with E-state index >= 15 is 0 Å². The Morgan fingerprint density at radius 2 is 2.04 bits per heavy atom. The minimum Gasteiger partial charge on any atom is -0.489 e. The van der Waals surface area contributed by atoms with Crippen LogP contribution in [0.4, 0.5) is 0 Å². The monoisotopic (exact) mass is 331 g/mol. The van der Waals surface area contributed by atoms with Crippen molar-refractivity contribution in [3.05, 3.63) is 64.7 Å². The zero-order chi connectivity index (χ0) is 15.9. The fraction of sp³-hybridized carbons (Fsp3) is 0.368. The summed E-state index contributed by atoms with van der Waals surface area (Å²) in [6, 6.07) is 15.9. The highest BCUT2D eigenvalue weighted by atomic mass is 35.5. The summed E-state index contributed by atoms with van der Waals surface area (Å²) in [5.74, 6) is 0.873. The Balaban J connectivity index is 1.58. The SMILES string of the molecule is Clc1ccc(OCc2ccccc2)c(CNC[C@@H]2CCCO2)c1. The van der Waals surface area contributed by atoms with Crippen molar-refractivity contribution in [3.63, 3.8) is 0 Å². The van der Waals surface area contributed by atoms with E-state index < -0.39 is 0 Å². The number of hydrogen-bond donors (Lipinski definition) is 1. The van der Waals surface area contributed by atoms with Crippen LogP contribution in [-0.4, -0.2) is 19.3 Å². The van der Waals surface area contributed by atoms with Crippen LogP contribution in [0.15, 0.2) is 48.5 Å².